The third kappa shape index (κ3) is 5.19. The molecule has 1 aromatic carbocycles. The molecule has 4 rings (SSSR count). The minimum absolute atomic E-state index is 0.0184. The highest BCUT2D eigenvalue weighted by Gasteiger charge is 2.30. The molecule has 1 saturated heterocycles. The van der Waals surface area contributed by atoms with Gasteiger partial charge in [0.1, 0.15) is 28.3 Å². The molecule has 2 N–H and O–H groups in total. The van der Waals surface area contributed by atoms with Gasteiger partial charge in [0.2, 0.25) is 5.91 Å². The summed E-state index contributed by atoms with van der Waals surface area (Å²) in [7, 11) is 3.29. The molecule has 2 unspecified atom stereocenters. The summed E-state index contributed by atoms with van der Waals surface area (Å²) in [6.45, 7) is 8.87. The van der Waals surface area contributed by atoms with E-state index in [1.165, 1.54) is 0 Å². The number of benzene rings is 1. The molecule has 8 heteroatoms. The van der Waals surface area contributed by atoms with Crippen molar-refractivity contribution in [2.24, 2.45) is 0 Å². The van der Waals surface area contributed by atoms with Crippen LogP contribution in [0.4, 0.5) is 0 Å². The maximum Gasteiger partial charge on any atom is 0.237 e. The number of hydrogen-bond acceptors (Lipinski definition) is 7. The van der Waals surface area contributed by atoms with Gasteiger partial charge in [-0.15, -0.1) is 11.3 Å². The van der Waals surface area contributed by atoms with Crippen molar-refractivity contribution in [2.75, 3.05) is 20.7 Å². The second-order valence-electron chi connectivity index (χ2n) is 7.67. The number of nitrogens with zero attached hydrogens (tertiary/aromatic N) is 2. The Balaban J connectivity index is 0.00000141. The second kappa shape index (κ2) is 10.7. The quantitative estimate of drug-likeness (QED) is 0.573. The number of likely N-dealkylation sites (N-methyl/N-ethyl adjacent to an activating group) is 1. The van der Waals surface area contributed by atoms with E-state index in [1.807, 2.05) is 38.1 Å². The average molecular weight is 457 g/mol. The number of amides is 1. The van der Waals surface area contributed by atoms with Gasteiger partial charge < -0.3 is 20.1 Å². The number of nitrogens with one attached hydrogen (secondary N) is 2. The molecule has 2 atom stereocenters. The topological polar surface area (TPSA) is 85.4 Å². The molecule has 1 amide bonds. The van der Waals surface area contributed by atoms with Crippen LogP contribution < -0.4 is 20.1 Å². The van der Waals surface area contributed by atoms with Crippen LogP contribution in [0.5, 0.6) is 11.5 Å². The number of carbonyl (C=O) groups excluding carboxylic acids is 1. The van der Waals surface area contributed by atoms with Crippen LogP contribution in [0, 0.1) is 0 Å². The van der Waals surface area contributed by atoms with Gasteiger partial charge in [0.25, 0.3) is 0 Å². The Bertz CT molecular complexity index is 1070. The Labute approximate surface area is 193 Å². The number of carbonyl (C=O) groups is 1. The molecule has 2 aromatic heterocycles. The normalized spacial score (nSPS) is 17.7. The van der Waals surface area contributed by atoms with Gasteiger partial charge in [-0.05, 0) is 18.1 Å². The number of ether oxygens (including phenoxy) is 2. The van der Waals surface area contributed by atoms with Gasteiger partial charge in [0.05, 0.1) is 24.4 Å². The summed E-state index contributed by atoms with van der Waals surface area (Å²) in [5.41, 5.74) is 2.62. The highest BCUT2D eigenvalue weighted by Crippen LogP contribution is 2.35. The molecule has 0 aliphatic carbocycles. The summed E-state index contributed by atoms with van der Waals surface area (Å²) in [6.07, 6.45) is 0.513. The number of thiazole rings is 1. The number of rotatable bonds is 6. The fourth-order valence-corrected chi connectivity index (χ4v) is 4.47. The van der Waals surface area contributed by atoms with Crippen LogP contribution in [0.25, 0.3) is 21.6 Å². The van der Waals surface area contributed by atoms with E-state index in [4.69, 9.17) is 19.4 Å². The Morgan fingerprint density at radius 1 is 1.25 bits per heavy atom. The molecule has 0 saturated carbocycles. The Kier molecular flexibility index (Phi) is 8.04. The second-order valence-corrected chi connectivity index (χ2v) is 8.53. The molecule has 0 radical (unpaired) electrons. The summed E-state index contributed by atoms with van der Waals surface area (Å²) in [5.74, 6) is 1.82. The molecule has 172 valence electrons. The van der Waals surface area contributed by atoms with Crippen LogP contribution in [0.2, 0.25) is 0 Å². The van der Waals surface area contributed by atoms with Crippen LogP contribution >= 0.6 is 11.3 Å². The molecule has 0 spiro atoms. The van der Waals surface area contributed by atoms with Crippen molar-refractivity contribution >= 4 is 28.1 Å². The largest absolute Gasteiger partial charge is 0.497 e. The van der Waals surface area contributed by atoms with Crippen LogP contribution in [-0.4, -0.2) is 48.7 Å². The summed E-state index contributed by atoms with van der Waals surface area (Å²) in [6, 6.07) is 7.48. The standard InChI is InChI=1S/C22H26N4O3S.C2H6/c1-12(2)19-11-30-22(26-19)18-9-20(15-6-5-13(28-4)7-16(15)25-18)29-14-8-17(24-10-14)21(27)23-3;1-2/h5-7,9,11-12,14,17,24H,8,10H2,1-4H3,(H,23,27);1-2H3. The molecular weight excluding hydrogens is 424 g/mol. The Hall–Kier alpha value is -2.71. The fourth-order valence-electron chi connectivity index (χ4n) is 3.53. The zero-order valence-electron chi connectivity index (χ0n) is 19.6. The Morgan fingerprint density at radius 2 is 2.03 bits per heavy atom. The third-order valence-corrected chi connectivity index (χ3v) is 6.14. The summed E-state index contributed by atoms with van der Waals surface area (Å²) < 4.78 is 11.7. The van der Waals surface area contributed by atoms with E-state index in [0.29, 0.717) is 18.9 Å². The highest BCUT2D eigenvalue weighted by atomic mass is 32.1. The number of fused-ring (bicyclic) bond motifs is 1. The molecule has 3 heterocycles. The average Bonchev–Trinajstić information content (AvgIpc) is 3.49. The lowest BCUT2D eigenvalue weighted by molar-refractivity contribution is -0.122. The lowest BCUT2D eigenvalue weighted by Crippen LogP contribution is -2.38. The van der Waals surface area contributed by atoms with E-state index in [0.717, 1.165) is 38.8 Å². The van der Waals surface area contributed by atoms with Crippen LogP contribution in [0.15, 0.2) is 29.6 Å². The molecule has 1 aliphatic heterocycles. The fraction of sp³-hybridized carbons (Fsp3) is 0.458. The van der Waals surface area contributed by atoms with Gasteiger partial charge in [0.15, 0.2) is 0 Å². The van der Waals surface area contributed by atoms with Gasteiger partial charge in [0, 0.05) is 42.9 Å². The van der Waals surface area contributed by atoms with Crippen LogP contribution in [-0.2, 0) is 4.79 Å². The smallest absolute Gasteiger partial charge is 0.237 e. The predicted octanol–water partition coefficient (Wildman–Crippen LogP) is 4.37. The molecule has 7 nitrogen and oxygen atoms in total. The zero-order chi connectivity index (χ0) is 23.3. The van der Waals surface area contributed by atoms with E-state index in [9.17, 15) is 4.79 Å². The van der Waals surface area contributed by atoms with Crippen molar-refractivity contribution in [1.29, 1.82) is 0 Å². The van der Waals surface area contributed by atoms with Crippen molar-refractivity contribution in [2.45, 2.75) is 52.2 Å². The lowest BCUT2D eigenvalue weighted by atomic mass is 10.1. The molecular formula is C24H32N4O3S. The van der Waals surface area contributed by atoms with E-state index >= 15 is 0 Å². The Morgan fingerprint density at radius 3 is 2.69 bits per heavy atom. The van der Waals surface area contributed by atoms with Crippen LogP contribution in [0.3, 0.4) is 0 Å². The van der Waals surface area contributed by atoms with Crippen LogP contribution in [0.1, 0.15) is 45.7 Å². The first-order chi connectivity index (χ1) is 15.5. The summed E-state index contributed by atoms with van der Waals surface area (Å²) in [5, 5.41) is 9.76. The van der Waals surface area contributed by atoms with Crippen molar-refractivity contribution in [3.8, 4) is 22.2 Å². The SMILES string of the molecule is CC.CNC(=O)C1CC(Oc2cc(-c3nc(C(C)C)cs3)nc3cc(OC)ccc23)CN1. The first kappa shape index (κ1) is 23.9. The van der Waals surface area contributed by atoms with E-state index in [-0.39, 0.29) is 18.1 Å². The molecule has 1 fully saturated rings. The molecule has 32 heavy (non-hydrogen) atoms. The highest BCUT2D eigenvalue weighted by molar-refractivity contribution is 7.13. The third-order valence-electron chi connectivity index (χ3n) is 5.26. The predicted molar refractivity (Wildman–Crippen MR) is 130 cm³/mol. The number of pyridine rings is 1. The minimum Gasteiger partial charge on any atom is -0.497 e. The van der Waals surface area contributed by atoms with E-state index < -0.39 is 0 Å². The number of hydrogen-bond donors (Lipinski definition) is 2. The van der Waals surface area contributed by atoms with Gasteiger partial charge in [-0.2, -0.15) is 0 Å². The van der Waals surface area contributed by atoms with Gasteiger partial charge in [-0.1, -0.05) is 27.7 Å². The first-order valence-corrected chi connectivity index (χ1v) is 11.9. The maximum atomic E-state index is 11.9. The molecule has 3 aromatic rings. The van der Waals surface area contributed by atoms with Gasteiger partial charge in [-0.25, -0.2) is 9.97 Å². The van der Waals surface area contributed by atoms with Gasteiger partial charge in [-0.3, -0.25) is 4.79 Å². The van der Waals surface area contributed by atoms with Crippen molar-refractivity contribution < 1.29 is 14.3 Å². The van der Waals surface area contributed by atoms with E-state index in [2.05, 4.69) is 29.9 Å². The first-order valence-electron chi connectivity index (χ1n) is 11.0. The van der Waals surface area contributed by atoms with Crippen molar-refractivity contribution in [1.82, 2.24) is 20.6 Å². The number of methoxy groups -OCH3 is 1. The minimum atomic E-state index is -0.236. The number of aromatic nitrogens is 2. The van der Waals surface area contributed by atoms with Crippen molar-refractivity contribution in [3.63, 3.8) is 0 Å². The molecule has 1 aliphatic rings. The molecule has 0 bridgehead atoms. The summed E-state index contributed by atoms with van der Waals surface area (Å²) in [4.78, 5) is 21.5. The monoisotopic (exact) mass is 456 g/mol. The zero-order valence-corrected chi connectivity index (χ0v) is 20.4. The lowest BCUT2D eigenvalue weighted by Gasteiger charge is -2.16. The van der Waals surface area contributed by atoms with E-state index in [1.54, 1.807) is 25.5 Å². The van der Waals surface area contributed by atoms with Gasteiger partial charge >= 0.3 is 0 Å². The van der Waals surface area contributed by atoms with Crippen molar-refractivity contribution in [3.05, 3.63) is 35.3 Å². The summed E-state index contributed by atoms with van der Waals surface area (Å²) >= 11 is 1.58. The maximum absolute atomic E-state index is 11.9.